The van der Waals surface area contributed by atoms with Crippen molar-refractivity contribution >= 4 is 27.4 Å². The zero-order valence-corrected chi connectivity index (χ0v) is 56.9. The van der Waals surface area contributed by atoms with Crippen LogP contribution in [0.3, 0.4) is 0 Å². The van der Waals surface area contributed by atoms with Gasteiger partial charge in [0.05, 0.1) is 0 Å². The molecule has 1 aliphatic heterocycles. The first kappa shape index (κ1) is 80.8. The number of allylic oxidation sites excluding steroid dienone is 2. The standard InChI is InChI=1S/C16H16N.Na.O3S.12Y/c1-4-14-16(2,3)15-12-8-6-5-7-11(12)9-10-13(15)17-14;;1-4(2)3;;;;;;;;;;;;/h4-10H,1-3H3;;;;;;;;;;;;;;/q-1;+1;-2;;;;;;;;;;;;/b14-4-;;;;;;;;;;;;;;. The fraction of sp³-hybridized carbons (Fsp3) is 0.250. The second kappa shape index (κ2) is 45.4. The third kappa shape index (κ3) is 28.3. The molecule has 12 radical (unpaired) electrons. The molecule has 1 heterocycles. The summed E-state index contributed by atoms with van der Waals surface area (Å²) in [4.78, 5) is 0. The summed E-state index contributed by atoms with van der Waals surface area (Å²) < 4.78 is 25.3. The molecule has 0 aliphatic carbocycles. The minimum absolute atomic E-state index is 0. The van der Waals surface area contributed by atoms with E-state index in [1.165, 1.54) is 22.0 Å². The number of nitrogens with zero attached hydrogens (tertiary/aromatic N) is 1. The van der Waals surface area contributed by atoms with E-state index in [4.69, 9.17) is 18.3 Å². The van der Waals surface area contributed by atoms with Crippen molar-refractivity contribution in [1.29, 1.82) is 0 Å². The van der Waals surface area contributed by atoms with Crippen LogP contribution in [-0.4, -0.2) is 4.55 Å². The average Bonchev–Trinajstić information content (AvgIpc) is 2.69. The summed E-state index contributed by atoms with van der Waals surface area (Å²) in [5.74, 6) is 0. The Bertz CT molecular complexity index is 806. The molecule has 0 saturated carbocycles. The molecule has 148 valence electrons. The Balaban J connectivity index is -0.0000000268. The zero-order chi connectivity index (χ0) is 15.6. The second-order valence-corrected chi connectivity index (χ2v) is 5.70. The fourth-order valence-corrected chi connectivity index (χ4v) is 2.83. The van der Waals surface area contributed by atoms with Crippen molar-refractivity contribution < 1.29 is 435 Å². The van der Waals surface area contributed by atoms with Gasteiger partial charge < -0.3 is 18.3 Å². The van der Waals surface area contributed by atoms with Gasteiger partial charge in [-0.05, 0) is 28.7 Å². The van der Waals surface area contributed by atoms with Gasteiger partial charge in [0.15, 0.2) is 0 Å². The number of hydrogen-bond donors (Lipinski definition) is 0. The zero-order valence-electron chi connectivity index (χ0n) is 20.0. The van der Waals surface area contributed by atoms with E-state index in [-0.39, 0.29) is 427 Å². The molecule has 0 saturated heterocycles. The maximum atomic E-state index is 8.44. The average molecular weight is 1390 g/mol. The first-order chi connectivity index (χ1) is 9.87. The summed E-state index contributed by atoms with van der Waals surface area (Å²) in [6.07, 6.45) is 2.12. The van der Waals surface area contributed by atoms with Gasteiger partial charge in [-0.25, -0.2) is 0 Å². The van der Waals surface area contributed by atoms with E-state index in [1.807, 2.05) is 0 Å². The van der Waals surface area contributed by atoms with Crippen LogP contribution in [0, 0.1) is 0 Å². The van der Waals surface area contributed by atoms with Crippen LogP contribution in [0.5, 0.6) is 0 Å². The Kier molecular flexibility index (Phi) is 108. The van der Waals surface area contributed by atoms with Crippen molar-refractivity contribution in [3.8, 4) is 0 Å². The summed E-state index contributed by atoms with van der Waals surface area (Å²) in [6.45, 7) is 6.57. The van der Waals surface area contributed by atoms with E-state index >= 15 is 0 Å². The van der Waals surface area contributed by atoms with Crippen LogP contribution in [0.1, 0.15) is 26.3 Å². The first-order valence-electron chi connectivity index (χ1n) is 6.55. The van der Waals surface area contributed by atoms with E-state index in [9.17, 15) is 0 Å². The molecule has 4 nitrogen and oxygen atoms in total. The van der Waals surface area contributed by atoms with Crippen molar-refractivity contribution in [3.05, 3.63) is 59.1 Å². The minimum Gasteiger partial charge on any atom is -0.917 e. The van der Waals surface area contributed by atoms with E-state index < -0.39 is 11.0 Å². The molecule has 0 spiro atoms. The SMILES string of the molecule is C/C=C1\[N-]c2ccc3ccccc3c2C1(C)C.O=[S-](=O)[O-].[Na+].[Y].[Y].[Y].[Y].[Y].[Y].[Y].[Y].[Y].[Y].[Y].[Y]. The Morgan fingerprint density at radius 1 is 0.765 bits per heavy atom. The van der Waals surface area contributed by atoms with Crippen LogP contribution < -0.4 is 29.6 Å². The van der Waals surface area contributed by atoms with Crippen LogP contribution in [0.2, 0.25) is 0 Å². The Hall–Kier alpha value is 12.4. The van der Waals surface area contributed by atoms with Gasteiger partial charge in [-0.3, -0.25) is 0 Å². The summed E-state index contributed by atoms with van der Waals surface area (Å²) in [5.41, 5.74) is 3.68. The molecule has 0 bridgehead atoms. The van der Waals surface area contributed by atoms with Gasteiger partial charge in [0.2, 0.25) is 0 Å². The summed E-state index contributed by atoms with van der Waals surface area (Å²) in [7, 11) is -3.11. The predicted molar refractivity (Wildman–Crippen MR) is 83.3 cm³/mol. The molecule has 2 aromatic carbocycles. The molecule has 0 unspecified atom stereocenters. The molecular weight excluding hydrogens is 1380 g/mol. The van der Waals surface area contributed by atoms with Crippen molar-refractivity contribution in [1.82, 2.24) is 0 Å². The van der Waals surface area contributed by atoms with Crippen molar-refractivity contribution in [3.63, 3.8) is 0 Å². The van der Waals surface area contributed by atoms with Crippen molar-refractivity contribution in [2.75, 3.05) is 0 Å². The third-order valence-electron chi connectivity index (χ3n) is 3.69. The quantitative estimate of drug-likeness (QED) is 0.174. The largest absolute Gasteiger partial charge is 1.00 e. The van der Waals surface area contributed by atoms with Crippen LogP contribution >= 0.6 is 0 Å². The van der Waals surface area contributed by atoms with E-state index in [1.54, 1.807) is 0 Å². The Labute approximate surface area is 531 Å². The van der Waals surface area contributed by atoms with Gasteiger partial charge in [0.25, 0.3) is 0 Å². The smallest absolute Gasteiger partial charge is 0.917 e. The van der Waals surface area contributed by atoms with Crippen molar-refractivity contribution in [2.24, 2.45) is 0 Å². The van der Waals surface area contributed by atoms with E-state index in [0.717, 1.165) is 5.69 Å². The number of fused-ring (bicyclic) bond motifs is 3. The van der Waals surface area contributed by atoms with Gasteiger partial charge in [0, 0.05) is 393 Å². The molecule has 3 rings (SSSR count). The molecule has 0 atom stereocenters. The van der Waals surface area contributed by atoms with Gasteiger partial charge >= 0.3 is 29.6 Å². The maximum Gasteiger partial charge on any atom is 1.00 e. The molecule has 34 heavy (non-hydrogen) atoms. The summed E-state index contributed by atoms with van der Waals surface area (Å²) in [5, 5.41) is 7.36. The molecule has 0 fully saturated rings. The third-order valence-corrected chi connectivity index (χ3v) is 3.69. The summed E-state index contributed by atoms with van der Waals surface area (Å²) >= 11 is 0. The molecule has 0 aromatic heterocycles. The molecule has 0 amide bonds. The second-order valence-electron chi connectivity index (χ2n) is 5.30. The van der Waals surface area contributed by atoms with Crippen LogP contribution in [0.4, 0.5) is 5.69 Å². The molecular formula is C16H16NNaO3SY12-2. The molecule has 2 aromatic rings. The van der Waals surface area contributed by atoms with Crippen LogP contribution in [-0.2, 0) is 417 Å². The first-order valence-corrected chi connectivity index (χ1v) is 7.55. The number of benzene rings is 2. The molecule has 18 heteroatoms. The Morgan fingerprint density at radius 2 is 1.15 bits per heavy atom. The van der Waals surface area contributed by atoms with E-state index in [2.05, 4.69) is 63.2 Å². The maximum absolute atomic E-state index is 8.44. The van der Waals surface area contributed by atoms with Gasteiger partial charge in [0.1, 0.15) is 0 Å². The molecule has 0 N–H and O–H groups in total. The van der Waals surface area contributed by atoms with Gasteiger partial charge in [-0.2, -0.15) is 16.7 Å². The van der Waals surface area contributed by atoms with Gasteiger partial charge in [-0.1, -0.05) is 50.2 Å². The van der Waals surface area contributed by atoms with Crippen LogP contribution in [0.15, 0.2) is 48.2 Å². The van der Waals surface area contributed by atoms with Crippen LogP contribution in [0.25, 0.3) is 16.1 Å². The topological polar surface area (TPSA) is 71.3 Å². The number of rotatable bonds is 0. The van der Waals surface area contributed by atoms with Crippen molar-refractivity contribution in [2.45, 2.75) is 26.2 Å². The fourth-order valence-electron chi connectivity index (χ4n) is 2.83. The van der Waals surface area contributed by atoms with Gasteiger partial charge in [-0.15, -0.1) is 11.8 Å². The van der Waals surface area contributed by atoms with E-state index in [0.29, 0.717) is 0 Å². The summed E-state index contributed by atoms with van der Waals surface area (Å²) in [6, 6.07) is 12.8. The monoisotopic (exact) mass is 1390 g/mol. The normalized spacial score (nSPS) is 10.7. The Morgan fingerprint density at radius 3 is 1.53 bits per heavy atom. The predicted octanol–water partition coefficient (Wildman–Crippen LogP) is 1.44. The molecule has 1 aliphatic rings. The number of hydrogen-bond acceptors (Lipinski definition) is 4. The minimum atomic E-state index is -3.11.